The average Bonchev–Trinajstić information content (AvgIpc) is 2.71. The van der Waals surface area contributed by atoms with Crippen LogP contribution < -0.4 is 5.32 Å². The van der Waals surface area contributed by atoms with Gasteiger partial charge >= 0.3 is 5.82 Å². The predicted molar refractivity (Wildman–Crippen MR) is 74.1 cm³/mol. The fraction of sp³-hybridized carbons (Fsp3) is 0.273. The van der Waals surface area contributed by atoms with Crippen molar-refractivity contribution in [2.45, 2.75) is 13.5 Å². The molecule has 1 N–H and O–H groups in total. The molecule has 0 saturated heterocycles. The van der Waals surface area contributed by atoms with Gasteiger partial charge in [0, 0.05) is 6.54 Å². The lowest BCUT2D eigenvalue weighted by Gasteiger charge is -2.03. The van der Waals surface area contributed by atoms with E-state index in [1.807, 2.05) is 25.1 Å². The molecule has 2 heterocycles. The molecular weight excluding hydrogens is 314 g/mol. The lowest BCUT2D eigenvalue weighted by Crippen LogP contribution is -2.05. The average molecular weight is 326 g/mol. The van der Waals surface area contributed by atoms with E-state index in [1.165, 1.54) is 4.68 Å². The van der Waals surface area contributed by atoms with Crippen molar-refractivity contribution < 1.29 is 4.92 Å². The Hall–Kier alpha value is -1.96. The van der Waals surface area contributed by atoms with Crippen molar-refractivity contribution in [1.29, 1.82) is 0 Å². The largest absolute Gasteiger partial charge is 0.404 e. The van der Waals surface area contributed by atoms with Crippen LogP contribution in [0.15, 0.2) is 28.9 Å². The molecule has 0 unspecified atom stereocenters. The maximum absolute atomic E-state index is 10.7. The number of hydrogen-bond acceptors (Lipinski definition) is 5. The first kappa shape index (κ1) is 13.5. The molecule has 0 bridgehead atoms. The molecule has 0 fully saturated rings. The summed E-state index contributed by atoms with van der Waals surface area (Å²) in [4.78, 5) is 14.6. The lowest BCUT2D eigenvalue weighted by molar-refractivity contribution is -0.390. The van der Waals surface area contributed by atoms with Crippen LogP contribution >= 0.6 is 15.9 Å². The first-order valence-electron chi connectivity index (χ1n) is 5.67. The van der Waals surface area contributed by atoms with Gasteiger partial charge in [-0.15, -0.1) is 0 Å². The maximum Gasteiger partial charge on any atom is 0.404 e. The lowest BCUT2D eigenvalue weighted by atomic mass is 10.3. The summed E-state index contributed by atoms with van der Waals surface area (Å²) in [6.45, 7) is 3.16. The Morgan fingerprint density at radius 1 is 1.53 bits per heavy atom. The van der Waals surface area contributed by atoms with Gasteiger partial charge in [-0.3, -0.25) is 0 Å². The summed E-state index contributed by atoms with van der Waals surface area (Å²) in [7, 11) is 0. The van der Waals surface area contributed by atoms with Gasteiger partial charge < -0.3 is 15.4 Å². The van der Waals surface area contributed by atoms with Crippen molar-refractivity contribution in [3.8, 4) is 0 Å². The van der Waals surface area contributed by atoms with Crippen molar-refractivity contribution >= 4 is 27.6 Å². The molecule has 7 nitrogen and oxygen atoms in total. The van der Waals surface area contributed by atoms with Gasteiger partial charge in [-0.05, 0) is 39.9 Å². The summed E-state index contributed by atoms with van der Waals surface area (Å²) >= 11 is 3.11. The van der Waals surface area contributed by atoms with Crippen LogP contribution in [0.5, 0.6) is 0 Å². The second-order valence-electron chi connectivity index (χ2n) is 3.80. The van der Waals surface area contributed by atoms with E-state index >= 15 is 0 Å². The number of halogens is 1. The molecule has 0 aliphatic carbocycles. The van der Waals surface area contributed by atoms with E-state index < -0.39 is 4.92 Å². The van der Waals surface area contributed by atoms with Gasteiger partial charge in [-0.2, -0.15) is 4.68 Å². The first-order chi connectivity index (χ1) is 9.10. The monoisotopic (exact) mass is 325 g/mol. The molecule has 2 rings (SSSR count). The van der Waals surface area contributed by atoms with Crippen molar-refractivity contribution in [2.75, 3.05) is 11.9 Å². The summed E-state index contributed by atoms with van der Waals surface area (Å²) in [5.41, 5.74) is 0.781. The number of nitrogens with zero attached hydrogens (tertiary/aromatic N) is 4. The summed E-state index contributed by atoms with van der Waals surface area (Å²) in [5, 5.41) is 17.7. The molecule has 0 saturated carbocycles. The highest BCUT2D eigenvalue weighted by Crippen LogP contribution is 2.22. The second-order valence-corrected chi connectivity index (χ2v) is 4.65. The van der Waals surface area contributed by atoms with Gasteiger partial charge in [0.25, 0.3) is 0 Å². The van der Waals surface area contributed by atoms with Gasteiger partial charge in [0.1, 0.15) is 16.8 Å². The number of pyridine rings is 1. The molecular formula is C11H12BrN5O2. The molecule has 100 valence electrons. The minimum Gasteiger partial charge on any atom is -0.370 e. The number of anilines is 1. The highest BCUT2D eigenvalue weighted by atomic mass is 79.9. The fourth-order valence-corrected chi connectivity index (χ4v) is 2.07. The highest BCUT2D eigenvalue weighted by molar-refractivity contribution is 9.10. The molecule has 19 heavy (non-hydrogen) atoms. The van der Waals surface area contributed by atoms with Crippen molar-refractivity contribution in [3.63, 3.8) is 0 Å². The van der Waals surface area contributed by atoms with Gasteiger partial charge in [0.2, 0.25) is 0 Å². The minimum atomic E-state index is -0.525. The Morgan fingerprint density at radius 2 is 2.32 bits per heavy atom. The third kappa shape index (κ3) is 3.28. The Kier molecular flexibility index (Phi) is 4.10. The SMILES string of the molecule is CCNc1cccc(Cn2cc(Br)c([N+](=O)[O-])n2)n1. The van der Waals surface area contributed by atoms with Crippen LogP contribution in [-0.4, -0.2) is 26.2 Å². The standard InChI is InChI=1S/C11H12BrN5O2/c1-2-13-10-5-3-4-8(14-10)6-16-7-9(12)11(15-16)17(18)19/h3-5,7H,2,6H2,1H3,(H,13,14). The quantitative estimate of drug-likeness (QED) is 0.674. The van der Waals surface area contributed by atoms with Gasteiger partial charge in [-0.1, -0.05) is 6.07 Å². The van der Waals surface area contributed by atoms with E-state index in [2.05, 4.69) is 31.3 Å². The molecule has 0 amide bonds. The fourth-order valence-electron chi connectivity index (χ4n) is 1.60. The van der Waals surface area contributed by atoms with Crippen molar-refractivity contribution in [2.24, 2.45) is 0 Å². The normalized spacial score (nSPS) is 10.4. The van der Waals surface area contributed by atoms with E-state index in [9.17, 15) is 10.1 Å². The van der Waals surface area contributed by atoms with Crippen LogP contribution in [0.25, 0.3) is 0 Å². The van der Waals surface area contributed by atoms with Crippen LogP contribution in [0, 0.1) is 10.1 Å². The maximum atomic E-state index is 10.7. The number of aromatic nitrogens is 3. The number of rotatable bonds is 5. The summed E-state index contributed by atoms with van der Waals surface area (Å²) in [6.07, 6.45) is 1.57. The molecule has 2 aromatic heterocycles. The van der Waals surface area contributed by atoms with Crippen LogP contribution in [0.3, 0.4) is 0 Å². The van der Waals surface area contributed by atoms with Crippen molar-refractivity contribution in [1.82, 2.24) is 14.8 Å². The van der Waals surface area contributed by atoms with Crippen LogP contribution in [0.4, 0.5) is 11.6 Å². The Labute approximate surface area is 117 Å². The Balaban J connectivity index is 2.19. The molecule has 0 atom stereocenters. The van der Waals surface area contributed by atoms with Crippen LogP contribution in [-0.2, 0) is 6.54 Å². The second kappa shape index (κ2) is 5.79. The minimum absolute atomic E-state index is 0.192. The predicted octanol–water partition coefficient (Wildman–Crippen LogP) is 2.43. The Bertz CT molecular complexity index is 599. The summed E-state index contributed by atoms with van der Waals surface area (Å²) in [5.74, 6) is 0.587. The zero-order chi connectivity index (χ0) is 13.8. The van der Waals surface area contributed by atoms with E-state index in [4.69, 9.17) is 0 Å². The third-order valence-corrected chi connectivity index (χ3v) is 2.92. The molecule has 0 aliphatic rings. The van der Waals surface area contributed by atoms with Crippen LogP contribution in [0.2, 0.25) is 0 Å². The number of hydrogen-bond donors (Lipinski definition) is 1. The summed E-state index contributed by atoms with van der Waals surface area (Å²) < 4.78 is 1.85. The zero-order valence-corrected chi connectivity index (χ0v) is 11.8. The molecule has 0 aliphatic heterocycles. The van der Waals surface area contributed by atoms with E-state index in [0.29, 0.717) is 11.0 Å². The molecule has 0 spiro atoms. The topological polar surface area (TPSA) is 85.9 Å². The number of nitrogens with one attached hydrogen (secondary N) is 1. The molecule has 8 heteroatoms. The van der Waals surface area contributed by atoms with Gasteiger partial charge in [0.05, 0.1) is 17.0 Å². The first-order valence-corrected chi connectivity index (χ1v) is 6.46. The summed E-state index contributed by atoms with van der Waals surface area (Å²) in [6, 6.07) is 5.60. The highest BCUT2D eigenvalue weighted by Gasteiger charge is 2.18. The third-order valence-electron chi connectivity index (χ3n) is 2.36. The van der Waals surface area contributed by atoms with E-state index in [1.54, 1.807) is 6.20 Å². The number of nitro groups is 1. The van der Waals surface area contributed by atoms with Crippen molar-refractivity contribution in [3.05, 3.63) is 44.7 Å². The zero-order valence-electron chi connectivity index (χ0n) is 10.2. The van der Waals surface area contributed by atoms with Gasteiger partial charge in [0.15, 0.2) is 0 Å². The van der Waals surface area contributed by atoms with Gasteiger partial charge in [-0.25, -0.2) is 4.98 Å². The smallest absolute Gasteiger partial charge is 0.370 e. The van der Waals surface area contributed by atoms with E-state index in [-0.39, 0.29) is 5.82 Å². The molecule has 2 aromatic rings. The van der Waals surface area contributed by atoms with Crippen LogP contribution in [0.1, 0.15) is 12.6 Å². The molecule has 0 radical (unpaired) electrons. The Morgan fingerprint density at radius 3 is 2.95 bits per heavy atom. The molecule has 0 aromatic carbocycles. The van der Waals surface area contributed by atoms with E-state index in [0.717, 1.165) is 18.1 Å².